The molecule has 9 aromatic rings. The van der Waals surface area contributed by atoms with Crippen molar-refractivity contribution in [3.63, 3.8) is 0 Å². The van der Waals surface area contributed by atoms with E-state index in [4.69, 9.17) is 15.0 Å². The molecule has 0 aliphatic heterocycles. The number of hydrogen-bond acceptors (Lipinski definition) is 3. The van der Waals surface area contributed by atoms with Crippen LogP contribution in [-0.4, -0.2) is 15.0 Å². The number of benzene rings is 8. The summed E-state index contributed by atoms with van der Waals surface area (Å²) in [6, 6.07) is 66.0. The van der Waals surface area contributed by atoms with Crippen LogP contribution in [0.3, 0.4) is 0 Å². The van der Waals surface area contributed by atoms with E-state index in [1.54, 1.807) is 0 Å². The van der Waals surface area contributed by atoms with E-state index >= 15 is 0 Å². The molecule has 0 aliphatic rings. The van der Waals surface area contributed by atoms with Crippen LogP contribution in [0.1, 0.15) is 0 Å². The van der Waals surface area contributed by atoms with E-state index in [1.807, 2.05) is 24.3 Å². The van der Waals surface area contributed by atoms with Gasteiger partial charge < -0.3 is 0 Å². The lowest BCUT2D eigenvalue weighted by Crippen LogP contribution is -2.01. The predicted molar refractivity (Wildman–Crippen MR) is 207 cm³/mol. The van der Waals surface area contributed by atoms with Gasteiger partial charge in [-0.15, -0.1) is 0 Å². The van der Waals surface area contributed by atoms with E-state index in [0.29, 0.717) is 17.5 Å². The number of aromatic nitrogens is 3. The van der Waals surface area contributed by atoms with Crippen molar-refractivity contribution >= 4 is 21.5 Å². The Morgan fingerprint density at radius 2 is 0.620 bits per heavy atom. The second kappa shape index (κ2) is 12.7. The average Bonchev–Trinajstić information content (AvgIpc) is 3.21. The summed E-state index contributed by atoms with van der Waals surface area (Å²) in [6.45, 7) is 0. The maximum Gasteiger partial charge on any atom is 0.164 e. The van der Waals surface area contributed by atoms with Crippen LogP contribution in [0.25, 0.3) is 89.1 Å². The van der Waals surface area contributed by atoms with Gasteiger partial charge in [-0.1, -0.05) is 170 Å². The van der Waals surface area contributed by atoms with Gasteiger partial charge in [0.2, 0.25) is 0 Å². The highest BCUT2D eigenvalue weighted by molar-refractivity contribution is 5.93. The monoisotopic (exact) mass is 637 g/mol. The van der Waals surface area contributed by atoms with E-state index in [2.05, 4.69) is 164 Å². The standard InChI is InChI=1S/C47H31N3/c1-3-11-32(12-4-1)35-19-23-37(24-20-35)46-48-45(36-15-5-2-6-16-36)49-47(50-46)44-31-41(40-25-21-33-13-7-9-17-38(33)29-40)27-28-43(44)42-26-22-34-14-8-10-18-39(34)30-42/h1-31H. The molecule has 0 radical (unpaired) electrons. The van der Waals surface area contributed by atoms with Gasteiger partial charge in [-0.2, -0.15) is 0 Å². The molecule has 234 valence electrons. The smallest absolute Gasteiger partial charge is 0.164 e. The molecule has 0 fully saturated rings. The Balaban J connectivity index is 1.25. The third kappa shape index (κ3) is 5.72. The van der Waals surface area contributed by atoms with Crippen LogP contribution in [-0.2, 0) is 0 Å². The zero-order valence-electron chi connectivity index (χ0n) is 27.2. The zero-order valence-corrected chi connectivity index (χ0v) is 27.2. The summed E-state index contributed by atoms with van der Waals surface area (Å²) >= 11 is 0. The van der Waals surface area contributed by atoms with Crippen molar-refractivity contribution in [2.24, 2.45) is 0 Å². The summed E-state index contributed by atoms with van der Waals surface area (Å²) in [5.41, 5.74) is 9.57. The molecule has 0 amide bonds. The number of nitrogens with zero attached hydrogens (tertiary/aromatic N) is 3. The lowest BCUT2D eigenvalue weighted by molar-refractivity contribution is 1.07. The first-order valence-electron chi connectivity index (χ1n) is 16.9. The molecule has 3 nitrogen and oxygen atoms in total. The molecule has 0 spiro atoms. The van der Waals surface area contributed by atoms with Gasteiger partial charge >= 0.3 is 0 Å². The summed E-state index contributed by atoms with van der Waals surface area (Å²) in [5, 5.41) is 4.82. The molecule has 3 heteroatoms. The second-order valence-electron chi connectivity index (χ2n) is 12.5. The van der Waals surface area contributed by atoms with Crippen molar-refractivity contribution < 1.29 is 0 Å². The van der Waals surface area contributed by atoms with Crippen molar-refractivity contribution in [3.05, 3.63) is 188 Å². The maximum atomic E-state index is 5.21. The fourth-order valence-electron chi connectivity index (χ4n) is 6.67. The van der Waals surface area contributed by atoms with Crippen molar-refractivity contribution in [1.29, 1.82) is 0 Å². The van der Waals surface area contributed by atoms with Gasteiger partial charge in [0, 0.05) is 16.7 Å². The summed E-state index contributed by atoms with van der Waals surface area (Å²) in [5.74, 6) is 1.90. The molecule has 50 heavy (non-hydrogen) atoms. The number of rotatable bonds is 6. The Bertz CT molecular complexity index is 2630. The van der Waals surface area contributed by atoms with Gasteiger partial charge in [0.1, 0.15) is 0 Å². The first-order valence-corrected chi connectivity index (χ1v) is 16.9. The zero-order chi connectivity index (χ0) is 33.3. The summed E-state index contributed by atoms with van der Waals surface area (Å²) in [4.78, 5) is 15.4. The summed E-state index contributed by atoms with van der Waals surface area (Å²) < 4.78 is 0. The lowest BCUT2D eigenvalue weighted by atomic mass is 9.92. The van der Waals surface area contributed by atoms with Gasteiger partial charge in [0.25, 0.3) is 0 Å². The SMILES string of the molecule is c1ccc(-c2ccc(-c3nc(-c4ccccc4)nc(-c4cc(-c5ccc6ccccc6c5)ccc4-c4ccc5ccccc5c4)n3)cc2)cc1. The molecule has 1 heterocycles. The van der Waals surface area contributed by atoms with Crippen LogP contribution in [0.4, 0.5) is 0 Å². The third-order valence-corrected chi connectivity index (χ3v) is 9.32. The first-order chi connectivity index (χ1) is 24.7. The minimum Gasteiger partial charge on any atom is -0.208 e. The highest BCUT2D eigenvalue weighted by Gasteiger charge is 2.18. The molecule has 0 aliphatic carbocycles. The minimum atomic E-state index is 0.631. The average molecular weight is 638 g/mol. The van der Waals surface area contributed by atoms with Crippen LogP contribution in [0.5, 0.6) is 0 Å². The Hall–Kier alpha value is -6.71. The minimum absolute atomic E-state index is 0.631. The molecule has 0 unspecified atom stereocenters. The van der Waals surface area contributed by atoms with Crippen LogP contribution in [0, 0.1) is 0 Å². The van der Waals surface area contributed by atoms with Gasteiger partial charge in [-0.25, -0.2) is 15.0 Å². The number of fused-ring (bicyclic) bond motifs is 2. The normalized spacial score (nSPS) is 11.2. The van der Waals surface area contributed by atoms with Gasteiger partial charge in [0.05, 0.1) is 0 Å². The first kappa shape index (κ1) is 29.4. The second-order valence-corrected chi connectivity index (χ2v) is 12.5. The van der Waals surface area contributed by atoms with Crippen molar-refractivity contribution in [2.75, 3.05) is 0 Å². The largest absolute Gasteiger partial charge is 0.208 e. The number of hydrogen-bond donors (Lipinski definition) is 0. The quantitative estimate of drug-likeness (QED) is 0.182. The van der Waals surface area contributed by atoms with E-state index in [1.165, 1.54) is 27.1 Å². The van der Waals surface area contributed by atoms with E-state index in [-0.39, 0.29) is 0 Å². The van der Waals surface area contributed by atoms with Gasteiger partial charge in [-0.3, -0.25) is 0 Å². The fourth-order valence-corrected chi connectivity index (χ4v) is 6.67. The van der Waals surface area contributed by atoms with Crippen molar-refractivity contribution in [3.8, 4) is 67.5 Å². The predicted octanol–water partition coefficient (Wildman–Crippen LogP) is 12.2. The summed E-state index contributed by atoms with van der Waals surface area (Å²) in [6.07, 6.45) is 0. The third-order valence-electron chi connectivity index (χ3n) is 9.32. The molecule has 9 rings (SSSR count). The molecular weight excluding hydrogens is 607 g/mol. The fraction of sp³-hybridized carbons (Fsp3) is 0. The molecular formula is C47H31N3. The highest BCUT2D eigenvalue weighted by Crippen LogP contribution is 2.38. The lowest BCUT2D eigenvalue weighted by Gasteiger charge is -2.15. The molecule has 8 aromatic carbocycles. The van der Waals surface area contributed by atoms with Crippen LogP contribution >= 0.6 is 0 Å². The molecule has 0 N–H and O–H groups in total. The van der Waals surface area contributed by atoms with Gasteiger partial charge in [-0.05, 0) is 73.1 Å². The van der Waals surface area contributed by atoms with Crippen LogP contribution < -0.4 is 0 Å². The van der Waals surface area contributed by atoms with Crippen LogP contribution in [0.15, 0.2) is 188 Å². The topological polar surface area (TPSA) is 38.7 Å². The Kier molecular flexibility index (Phi) is 7.49. The summed E-state index contributed by atoms with van der Waals surface area (Å²) in [7, 11) is 0. The van der Waals surface area contributed by atoms with E-state index in [0.717, 1.165) is 44.5 Å². The molecule has 0 atom stereocenters. The Morgan fingerprint density at radius 1 is 0.220 bits per heavy atom. The highest BCUT2D eigenvalue weighted by atomic mass is 15.0. The molecule has 0 saturated carbocycles. The molecule has 1 aromatic heterocycles. The maximum absolute atomic E-state index is 5.21. The van der Waals surface area contributed by atoms with E-state index < -0.39 is 0 Å². The van der Waals surface area contributed by atoms with Crippen LogP contribution in [0.2, 0.25) is 0 Å². The Labute approximate surface area is 291 Å². The van der Waals surface area contributed by atoms with Crippen molar-refractivity contribution in [1.82, 2.24) is 15.0 Å². The van der Waals surface area contributed by atoms with E-state index in [9.17, 15) is 0 Å². The van der Waals surface area contributed by atoms with Crippen molar-refractivity contribution in [2.45, 2.75) is 0 Å². The molecule has 0 bridgehead atoms. The van der Waals surface area contributed by atoms with Gasteiger partial charge in [0.15, 0.2) is 17.5 Å². The molecule has 0 saturated heterocycles. The Morgan fingerprint density at radius 3 is 1.26 bits per heavy atom.